The van der Waals surface area contributed by atoms with Crippen molar-refractivity contribution in [3.05, 3.63) is 42.7 Å². The highest BCUT2D eigenvalue weighted by Gasteiger charge is 2.40. The van der Waals surface area contributed by atoms with Crippen molar-refractivity contribution >= 4 is 23.5 Å². The van der Waals surface area contributed by atoms with Crippen LogP contribution in [0.4, 0.5) is 11.6 Å². The number of ether oxygens (including phenoxy) is 1. The fraction of sp³-hybridized carbons (Fsp3) is 0.429. The molecule has 2 aliphatic heterocycles. The summed E-state index contributed by atoms with van der Waals surface area (Å²) in [6.07, 6.45) is 5.42. The maximum Gasteiger partial charge on any atom is 0.251 e. The van der Waals surface area contributed by atoms with Crippen molar-refractivity contribution in [1.29, 1.82) is 0 Å². The minimum Gasteiger partial charge on any atom is -0.494 e. The van der Waals surface area contributed by atoms with E-state index in [1.165, 1.54) is 4.90 Å². The van der Waals surface area contributed by atoms with Gasteiger partial charge < -0.3 is 15.0 Å². The van der Waals surface area contributed by atoms with Gasteiger partial charge >= 0.3 is 0 Å². The van der Waals surface area contributed by atoms with E-state index >= 15 is 0 Å². The molecule has 8 nitrogen and oxygen atoms in total. The number of rotatable bonds is 6. The molecule has 1 aromatic heterocycles. The van der Waals surface area contributed by atoms with Gasteiger partial charge in [-0.15, -0.1) is 0 Å². The van der Waals surface area contributed by atoms with Gasteiger partial charge in [0, 0.05) is 31.5 Å². The Labute approximate surface area is 169 Å². The highest BCUT2D eigenvalue weighted by molar-refractivity contribution is 6.22. The molecule has 0 saturated carbocycles. The third-order valence-corrected chi connectivity index (χ3v) is 5.32. The summed E-state index contributed by atoms with van der Waals surface area (Å²) >= 11 is 0. The van der Waals surface area contributed by atoms with E-state index in [2.05, 4.69) is 20.2 Å². The van der Waals surface area contributed by atoms with Gasteiger partial charge in [-0.3, -0.25) is 9.59 Å². The highest BCUT2D eigenvalue weighted by Crippen LogP contribution is 2.26. The van der Waals surface area contributed by atoms with Gasteiger partial charge in [0.2, 0.25) is 11.9 Å². The van der Waals surface area contributed by atoms with E-state index < -0.39 is 6.04 Å². The van der Waals surface area contributed by atoms with Crippen molar-refractivity contribution < 1.29 is 14.3 Å². The molecule has 0 radical (unpaired) electrons. The van der Waals surface area contributed by atoms with E-state index in [-0.39, 0.29) is 24.3 Å². The molecule has 2 amide bonds. The Hall–Kier alpha value is -3.00. The molecule has 152 valence electrons. The second-order valence-electron chi connectivity index (χ2n) is 7.23. The zero-order valence-corrected chi connectivity index (χ0v) is 16.5. The SMILES string of the molecule is CCOc1ccc(N2C(=O)C[C@@H](NC3CCN(c4ncccn4)CC3)C2=O)cc1. The van der Waals surface area contributed by atoms with Crippen LogP contribution in [-0.2, 0) is 9.59 Å². The molecule has 0 unspecified atom stereocenters. The molecule has 3 heterocycles. The summed E-state index contributed by atoms with van der Waals surface area (Å²) in [5.74, 6) is 1.10. The second-order valence-corrected chi connectivity index (χ2v) is 7.23. The predicted octanol–water partition coefficient (Wildman–Crippen LogP) is 1.77. The summed E-state index contributed by atoms with van der Waals surface area (Å²) in [6, 6.07) is 8.58. The van der Waals surface area contributed by atoms with E-state index in [0.29, 0.717) is 12.3 Å². The summed E-state index contributed by atoms with van der Waals surface area (Å²) < 4.78 is 5.43. The van der Waals surface area contributed by atoms with Crippen LogP contribution in [0.15, 0.2) is 42.7 Å². The summed E-state index contributed by atoms with van der Waals surface area (Å²) in [6.45, 7) is 4.12. The quantitative estimate of drug-likeness (QED) is 0.746. The predicted molar refractivity (Wildman–Crippen MR) is 109 cm³/mol. The molecule has 2 fully saturated rings. The first kappa shape index (κ1) is 19.3. The smallest absolute Gasteiger partial charge is 0.251 e. The van der Waals surface area contributed by atoms with Crippen LogP contribution < -0.4 is 19.9 Å². The molecule has 2 aromatic rings. The molecule has 29 heavy (non-hydrogen) atoms. The summed E-state index contributed by atoms with van der Waals surface area (Å²) in [5.41, 5.74) is 0.587. The lowest BCUT2D eigenvalue weighted by atomic mass is 10.0. The number of amides is 2. The van der Waals surface area contributed by atoms with Crippen molar-refractivity contribution in [2.75, 3.05) is 29.5 Å². The fourth-order valence-electron chi connectivity index (χ4n) is 3.88. The molecular weight excluding hydrogens is 370 g/mol. The van der Waals surface area contributed by atoms with E-state index in [9.17, 15) is 9.59 Å². The fourth-order valence-corrected chi connectivity index (χ4v) is 3.88. The van der Waals surface area contributed by atoms with E-state index in [1.54, 1.807) is 42.7 Å². The molecule has 1 N–H and O–H groups in total. The van der Waals surface area contributed by atoms with E-state index in [1.807, 2.05) is 6.92 Å². The van der Waals surface area contributed by atoms with Gasteiger partial charge in [-0.25, -0.2) is 14.9 Å². The lowest BCUT2D eigenvalue weighted by Gasteiger charge is -2.33. The third-order valence-electron chi connectivity index (χ3n) is 5.32. The lowest BCUT2D eigenvalue weighted by molar-refractivity contribution is -0.121. The molecule has 1 atom stereocenters. The molecule has 1 aromatic carbocycles. The molecule has 8 heteroatoms. The Kier molecular flexibility index (Phi) is 5.71. The number of nitrogens with one attached hydrogen (secondary N) is 1. The second kappa shape index (κ2) is 8.57. The number of anilines is 2. The number of nitrogens with zero attached hydrogens (tertiary/aromatic N) is 4. The van der Waals surface area contributed by atoms with Gasteiger partial charge in [-0.05, 0) is 50.1 Å². The van der Waals surface area contributed by atoms with Gasteiger partial charge in [-0.1, -0.05) is 0 Å². The minimum absolute atomic E-state index is 0.174. The molecule has 4 rings (SSSR count). The molecule has 0 bridgehead atoms. The van der Waals surface area contributed by atoms with Gasteiger partial charge in [-0.2, -0.15) is 0 Å². The average Bonchev–Trinajstić information content (AvgIpc) is 3.03. The maximum absolute atomic E-state index is 12.9. The number of hydrogen-bond donors (Lipinski definition) is 1. The Morgan fingerprint density at radius 2 is 1.79 bits per heavy atom. The number of carbonyl (C=O) groups excluding carboxylic acids is 2. The Bertz CT molecular complexity index is 850. The van der Waals surface area contributed by atoms with Crippen LogP contribution in [-0.4, -0.2) is 53.6 Å². The monoisotopic (exact) mass is 395 g/mol. The largest absolute Gasteiger partial charge is 0.494 e. The van der Waals surface area contributed by atoms with Gasteiger partial charge in [0.1, 0.15) is 5.75 Å². The molecule has 0 spiro atoms. The summed E-state index contributed by atoms with van der Waals surface area (Å²) in [5, 5.41) is 3.40. The van der Waals surface area contributed by atoms with Gasteiger partial charge in [0.25, 0.3) is 5.91 Å². The van der Waals surface area contributed by atoms with Crippen LogP contribution >= 0.6 is 0 Å². The number of hydrogen-bond acceptors (Lipinski definition) is 7. The van der Waals surface area contributed by atoms with Crippen LogP contribution in [0.5, 0.6) is 5.75 Å². The summed E-state index contributed by atoms with van der Waals surface area (Å²) in [4.78, 5) is 37.4. The average molecular weight is 395 g/mol. The standard InChI is InChI=1S/C21H25N5O3/c1-2-29-17-6-4-16(5-7-17)26-19(27)14-18(20(26)28)24-15-8-12-25(13-9-15)21-22-10-3-11-23-21/h3-7,10-11,15,18,24H,2,8-9,12-14H2,1H3/t18-/m1/s1. The van der Waals surface area contributed by atoms with Crippen LogP contribution in [0, 0.1) is 0 Å². The number of aromatic nitrogens is 2. The van der Waals surface area contributed by atoms with Gasteiger partial charge in [0.15, 0.2) is 0 Å². The van der Waals surface area contributed by atoms with Crippen molar-refractivity contribution in [3.8, 4) is 5.75 Å². The first-order chi connectivity index (χ1) is 14.2. The van der Waals surface area contributed by atoms with Crippen LogP contribution in [0.25, 0.3) is 0 Å². The molecule has 2 aliphatic rings. The maximum atomic E-state index is 12.9. The summed E-state index contributed by atoms with van der Waals surface area (Å²) in [7, 11) is 0. The highest BCUT2D eigenvalue weighted by atomic mass is 16.5. The first-order valence-corrected chi connectivity index (χ1v) is 10.0. The molecular formula is C21H25N5O3. The molecule has 0 aliphatic carbocycles. The number of benzene rings is 1. The first-order valence-electron chi connectivity index (χ1n) is 10.0. The Morgan fingerprint density at radius 1 is 1.10 bits per heavy atom. The zero-order valence-electron chi connectivity index (χ0n) is 16.5. The van der Waals surface area contributed by atoms with E-state index in [4.69, 9.17) is 4.74 Å². The van der Waals surface area contributed by atoms with Crippen LogP contribution in [0.2, 0.25) is 0 Å². The minimum atomic E-state index is -0.474. The lowest BCUT2D eigenvalue weighted by Crippen LogP contribution is -2.49. The number of imide groups is 1. The Balaban J connectivity index is 1.35. The van der Waals surface area contributed by atoms with Crippen LogP contribution in [0.3, 0.4) is 0 Å². The van der Waals surface area contributed by atoms with Crippen molar-refractivity contribution in [2.45, 2.75) is 38.3 Å². The molecule has 2 saturated heterocycles. The van der Waals surface area contributed by atoms with E-state index in [0.717, 1.165) is 37.6 Å². The van der Waals surface area contributed by atoms with Crippen molar-refractivity contribution in [2.24, 2.45) is 0 Å². The zero-order chi connectivity index (χ0) is 20.2. The topological polar surface area (TPSA) is 87.7 Å². The number of carbonyl (C=O) groups is 2. The Morgan fingerprint density at radius 3 is 2.45 bits per heavy atom. The van der Waals surface area contributed by atoms with Gasteiger partial charge in [0.05, 0.1) is 24.8 Å². The van der Waals surface area contributed by atoms with Crippen LogP contribution in [0.1, 0.15) is 26.2 Å². The number of piperidine rings is 1. The van der Waals surface area contributed by atoms with Crippen molar-refractivity contribution in [1.82, 2.24) is 15.3 Å². The normalized spacial score (nSPS) is 20.4. The third kappa shape index (κ3) is 4.22. The van der Waals surface area contributed by atoms with Crippen molar-refractivity contribution in [3.63, 3.8) is 0 Å².